The van der Waals surface area contributed by atoms with E-state index in [0.29, 0.717) is 43.5 Å². The van der Waals surface area contributed by atoms with Gasteiger partial charge in [-0.15, -0.1) is 24.9 Å². The normalized spacial score (nSPS) is 18.9. The van der Waals surface area contributed by atoms with Gasteiger partial charge < -0.3 is 114 Å². The van der Waals surface area contributed by atoms with E-state index in [1.165, 1.54) is 30.3 Å². The number of guanidine groups is 1. The molecule has 43 nitrogen and oxygen atoms in total. The summed E-state index contributed by atoms with van der Waals surface area (Å²) in [6.07, 6.45) is -0.712. The van der Waals surface area contributed by atoms with Gasteiger partial charge >= 0.3 is 30.6 Å². The van der Waals surface area contributed by atoms with Gasteiger partial charge in [0.2, 0.25) is 82.7 Å². The number of Topliss-reactive ketones (excluding diaryl/α,β-unsaturated/α-hetero) is 1. The summed E-state index contributed by atoms with van der Waals surface area (Å²) in [5.41, 5.74) is 32.1. The van der Waals surface area contributed by atoms with E-state index in [1.807, 2.05) is 0 Å². The van der Waals surface area contributed by atoms with Crippen molar-refractivity contribution in [1.82, 2.24) is 63.8 Å². The number of fused-ring (bicyclic) bond motifs is 6. The number of nitrogens with two attached hydrogens (primary N) is 3. The number of ketones is 1. The number of primary amides is 1. The van der Waals surface area contributed by atoms with E-state index in [0.717, 1.165) is 33.3 Å². The summed E-state index contributed by atoms with van der Waals surface area (Å²) in [7, 11) is -2.87. The fourth-order valence-corrected chi connectivity index (χ4v) is 15.7. The van der Waals surface area contributed by atoms with Gasteiger partial charge in [0.25, 0.3) is 10.1 Å². The average molecular weight is 1860 g/mol. The van der Waals surface area contributed by atoms with E-state index < -0.39 is 196 Å². The Bertz CT molecular complexity index is 4200. The van der Waals surface area contributed by atoms with Crippen molar-refractivity contribution in [3.63, 3.8) is 0 Å². The zero-order chi connectivity index (χ0) is 89.2. The molecule has 14 amide bonds. The number of aliphatic imine (C=N–C) groups is 1. The topological polar surface area (TPSA) is 704 Å². The van der Waals surface area contributed by atoms with Crippen LogP contribution in [0.5, 0.6) is 0 Å². The number of thioether (sulfide) groups is 1. The molecule has 23 N–H and O–H groups in total. The van der Waals surface area contributed by atoms with Gasteiger partial charge in [-0.05, 0) is 86.9 Å². The number of carbonyl (C=O) groups excluding carboxylic acids is 15. The quantitative estimate of drug-likeness (QED) is 0.00983. The van der Waals surface area contributed by atoms with Crippen LogP contribution in [0.1, 0.15) is 102 Å². The summed E-state index contributed by atoms with van der Waals surface area (Å²) in [6.45, 7) is 0.0279. The number of hydrogen-bond donors (Lipinski definition) is 18. The first-order valence-electron chi connectivity index (χ1n) is 38.4. The van der Waals surface area contributed by atoms with Crippen molar-refractivity contribution in [1.29, 1.82) is 0 Å². The Kier molecular flexibility index (Phi) is 48.9. The molecule has 0 aliphatic carbocycles. The van der Waals surface area contributed by atoms with E-state index >= 15 is 0 Å². The van der Waals surface area contributed by atoms with Crippen LogP contribution in [0.15, 0.2) is 76.6 Å². The number of anilines is 1. The second-order valence-corrected chi connectivity index (χ2v) is 32.8. The molecule has 0 saturated carbocycles. The number of carbonyl (C=O) groups is 16. The number of hydrogen-bond acceptors (Lipinski definition) is 24. The van der Waals surface area contributed by atoms with Crippen LogP contribution in [0.2, 0.25) is 0 Å². The average Bonchev–Trinajstić information content (AvgIpc) is 0.803. The molecule has 2 aliphatic heterocycles. The molecule has 668 valence electrons. The predicted octanol–water partition coefficient (Wildman–Crippen LogP) is -1.76. The second-order valence-electron chi connectivity index (χ2n) is 27.5. The molecule has 1 unspecified atom stereocenters. The van der Waals surface area contributed by atoms with Gasteiger partial charge in [0.1, 0.15) is 59.0 Å². The number of amides is 14. The molecule has 5 rings (SSSR count). The molecule has 2 saturated heterocycles. The Labute approximate surface area is 718 Å². The molecule has 0 radical (unpaired) electrons. The molecule has 8 atom stereocenters. The van der Waals surface area contributed by atoms with Crippen molar-refractivity contribution in [2.24, 2.45) is 28.1 Å². The third kappa shape index (κ3) is 42.4. The number of carboxylic acids is 1. The van der Waals surface area contributed by atoms with Gasteiger partial charge in [0, 0.05) is 86.5 Å². The van der Waals surface area contributed by atoms with Crippen molar-refractivity contribution < 1.29 is 119 Å². The zero-order valence-corrected chi connectivity index (χ0v) is 71.2. The monoisotopic (exact) mass is 1850 g/mol. The van der Waals surface area contributed by atoms with Gasteiger partial charge in [-0.25, -0.2) is 0 Å². The van der Waals surface area contributed by atoms with Crippen LogP contribution in [-0.4, -0.2) is 262 Å². The first-order valence-corrected chi connectivity index (χ1v) is 45.0. The van der Waals surface area contributed by atoms with Crippen LogP contribution < -0.4 is 86.3 Å². The van der Waals surface area contributed by atoms with Gasteiger partial charge in [-0.1, -0.05) is 76.0 Å². The number of unbranched alkanes of at least 4 members (excludes halogenated alkanes) is 2. The second kappa shape index (κ2) is 57.3. The van der Waals surface area contributed by atoms with Crippen LogP contribution in [0.3, 0.4) is 0 Å². The van der Waals surface area contributed by atoms with E-state index in [4.69, 9.17) is 35.7 Å². The van der Waals surface area contributed by atoms with Crippen molar-refractivity contribution in [2.75, 3.05) is 100 Å². The first kappa shape index (κ1) is 103. The molecule has 3 aromatic rings. The Balaban J connectivity index is 0.0000101. The van der Waals surface area contributed by atoms with E-state index in [9.17, 15) is 94.8 Å². The molecule has 0 spiro atoms. The van der Waals surface area contributed by atoms with Crippen molar-refractivity contribution >= 4 is 160 Å². The van der Waals surface area contributed by atoms with Crippen LogP contribution in [0, 0.1) is 5.92 Å². The summed E-state index contributed by atoms with van der Waals surface area (Å²) >= 11 is -1.16. The van der Waals surface area contributed by atoms with Gasteiger partial charge in [0.05, 0.1) is 25.3 Å². The van der Waals surface area contributed by atoms with Gasteiger partial charge in [0.15, 0.2) is 5.96 Å². The van der Waals surface area contributed by atoms with Gasteiger partial charge in [-0.3, -0.25) is 86.3 Å². The zero-order valence-electron chi connectivity index (χ0n) is 66.1. The SMILES string of the molecule is [NH-]CC[N-]CC(C[N-]CC[NH-])CC(=O)CCCC(=O)NCCCC[C@H](NC(=O)CNC(=O)[C@@H]1CSCC(=O)N[C@@H](CCCCNC(=O)CCC(=O)Nc2ccc3c(S(=O)(=O)O)cccc3c2)C(=O)N[C@H]2CSSC[C@H](NC(=O)[C@H](CC(=O)O)NC(=O)CNC(=O)[C@H](CCCN=C(N)N)NC2=O)C(=O)NC(Cc2ccccc2)C(=O)N1)C(N)=O.[O]=[Tc+]=[O]. The Morgan fingerprint density at radius 2 is 1.20 bits per heavy atom. The fourth-order valence-electron chi connectivity index (χ4n) is 11.8. The molecular weight excluding hydrogens is 1750 g/mol. The summed E-state index contributed by atoms with van der Waals surface area (Å²) in [5.74, 6) is -16.5. The molecule has 121 heavy (non-hydrogen) atoms. The molecule has 2 fully saturated rings. The number of benzene rings is 3. The number of nitrogens with zero attached hydrogens (tertiary/aromatic N) is 3. The van der Waals surface area contributed by atoms with E-state index in [2.05, 4.69) is 84.7 Å². The first-order chi connectivity index (χ1) is 57.7. The van der Waals surface area contributed by atoms with E-state index in [-0.39, 0.29) is 168 Å². The molecular formula is C73H105N21O22S4Tc-3. The van der Waals surface area contributed by atoms with Gasteiger partial charge in [-0.2, -0.15) is 34.6 Å². The number of rotatable bonds is 42. The van der Waals surface area contributed by atoms with Crippen LogP contribution >= 0.6 is 33.3 Å². The van der Waals surface area contributed by atoms with Crippen molar-refractivity contribution in [3.8, 4) is 0 Å². The molecule has 3 aromatic carbocycles. The molecule has 0 aromatic heterocycles. The predicted molar refractivity (Wildman–Crippen MR) is 443 cm³/mol. The maximum absolute atomic E-state index is 14.8. The standard InChI is InChI=1S/C73H105N21O20S4.2O.Tc/c74-24-29-79-35-44(36-80-30-25-75)31-47(95)14-9-19-58(96)81-26-6-4-15-49(65(76)104)87-61(99)37-85-67(106)54-39-115-42-63(101)88-51(16-5-7-27-82-59(97)22-23-60(98)86-46-20-21-48-45(33-46)13-8-18-57(48)118(112,113)114)68(107)93-55-40-116-117-41-56(72(111)91-52(69(108)92-54)32-43-11-2-1-3-12-43)94-70(109)53(34-64(102)103)89-62(100)38-84-66(105)50(90-71(55)110)17-10-28-83-73(77)78;;;/h1-3,8,11-13,18,20-21,33,44,49-56,74-75H,4-7,9-10,14-17,19,22-32,34-42H2,(H2,76,104)(H,81,96)(H,82,97)(H,84,105)(H,85,106)(H,86,98)(H,87,99)(H,88,101)(H,89,100)(H,90,110)(H,91,111)(H,92,108)(H,93,107)(H,94,109)(H,102,103)(H4,77,78,83)(H,112,113,114);;;/q-4;;;+1/t49-,50-,51-,52?,53-,54-,55-,56-;;;/m0.../s1. The minimum atomic E-state index is -4.56. The van der Waals surface area contributed by atoms with Crippen LogP contribution in [0.25, 0.3) is 32.9 Å². The molecule has 2 aliphatic rings. The fraction of sp³-hybridized carbons (Fsp3) is 0.548. The number of aliphatic carboxylic acids is 1. The number of carboxylic acid groups (broad SMARTS) is 1. The minimum absolute atomic E-state index is 0.00737. The molecule has 2 bridgehead atoms. The Morgan fingerprint density at radius 1 is 0.612 bits per heavy atom. The Morgan fingerprint density at radius 3 is 1.82 bits per heavy atom. The van der Waals surface area contributed by atoms with E-state index in [1.54, 1.807) is 36.4 Å². The maximum atomic E-state index is 14.8. The Hall–Kier alpha value is -10.0. The summed E-state index contributed by atoms with van der Waals surface area (Å²) in [4.78, 5) is 223. The summed E-state index contributed by atoms with van der Waals surface area (Å²) < 4.78 is 50.5. The third-order valence-electron chi connectivity index (χ3n) is 17.8. The van der Waals surface area contributed by atoms with Crippen LogP contribution in [-0.2, 0) is 118 Å². The molecule has 2 heterocycles. The number of nitrogens with one attached hydrogen (secondary N) is 15. The van der Waals surface area contributed by atoms with Crippen molar-refractivity contribution in [3.05, 3.63) is 94.4 Å². The van der Waals surface area contributed by atoms with Crippen LogP contribution in [0.4, 0.5) is 5.69 Å². The van der Waals surface area contributed by atoms with Crippen molar-refractivity contribution in [2.45, 2.75) is 156 Å². The summed E-state index contributed by atoms with van der Waals surface area (Å²) in [5, 5.41) is 52.1. The molecule has 48 heteroatoms. The third-order valence-corrected chi connectivity index (χ3v) is 22.2. The summed E-state index contributed by atoms with van der Waals surface area (Å²) in [6, 6.07) is 3.88.